The Balaban J connectivity index is 1.66. The number of hydrogen-bond acceptors (Lipinski definition) is 5. The lowest BCUT2D eigenvalue weighted by Gasteiger charge is -2.26. The van der Waals surface area contributed by atoms with Gasteiger partial charge in [-0.25, -0.2) is 0 Å². The normalized spacial score (nSPS) is 17.2. The van der Waals surface area contributed by atoms with Crippen molar-refractivity contribution < 1.29 is 14.1 Å². The Kier molecular flexibility index (Phi) is 3.90. The van der Waals surface area contributed by atoms with Crippen molar-refractivity contribution in [3.05, 3.63) is 18.0 Å². The molecule has 1 amide bonds. The van der Waals surface area contributed by atoms with E-state index in [1.807, 2.05) is 0 Å². The van der Waals surface area contributed by atoms with Crippen LogP contribution in [0.4, 0.5) is 0 Å². The van der Waals surface area contributed by atoms with Crippen LogP contribution in [0.1, 0.15) is 10.5 Å². The van der Waals surface area contributed by atoms with E-state index in [0.717, 1.165) is 32.8 Å². The standard InChI is InChI=1S/C10H15N3O3/c14-10(9-1-6-16-12-9)11-2-3-13-4-7-15-8-5-13/h1,6H,2-5,7-8H2,(H,11,14). The summed E-state index contributed by atoms with van der Waals surface area (Å²) in [4.78, 5) is 13.7. The van der Waals surface area contributed by atoms with Crippen LogP contribution in [0.5, 0.6) is 0 Å². The summed E-state index contributed by atoms with van der Waals surface area (Å²) in [5, 5.41) is 6.35. The van der Waals surface area contributed by atoms with Crippen LogP contribution >= 0.6 is 0 Å². The number of carbonyl (C=O) groups excluding carboxylic acids is 1. The van der Waals surface area contributed by atoms with Crippen molar-refractivity contribution in [1.29, 1.82) is 0 Å². The van der Waals surface area contributed by atoms with Gasteiger partial charge >= 0.3 is 0 Å². The number of nitrogens with zero attached hydrogens (tertiary/aromatic N) is 2. The van der Waals surface area contributed by atoms with Crippen molar-refractivity contribution >= 4 is 5.91 Å². The fraction of sp³-hybridized carbons (Fsp3) is 0.600. The Morgan fingerprint density at radius 2 is 2.31 bits per heavy atom. The van der Waals surface area contributed by atoms with E-state index in [1.165, 1.54) is 6.26 Å². The number of nitrogens with one attached hydrogen (secondary N) is 1. The minimum Gasteiger partial charge on any atom is -0.379 e. The topological polar surface area (TPSA) is 67.6 Å². The fourth-order valence-electron chi connectivity index (χ4n) is 1.57. The predicted octanol–water partition coefficient (Wildman–Crippen LogP) is -0.263. The SMILES string of the molecule is O=C(NCCN1CCOCC1)c1ccon1. The van der Waals surface area contributed by atoms with Gasteiger partial charge in [0.1, 0.15) is 6.26 Å². The maximum absolute atomic E-state index is 11.5. The molecule has 6 nitrogen and oxygen atoms in total. The molecule has 88 valence electrons. The van der Waals surface area contributed by atoms with Gasteiger partial charge in [0.2, 0.25) is 0 Å². The molecule has 0 spiro atoms. The monoisotopic (exact) mass is 225 g/mol. The van der Waals surface area contributed by atoms with Crippen molar-refractivity contribution in [2.45, 2.75) is 0 Å². The lowest BCUT2D eigenvalue weighted by Crippen LogP contribution is -2.41. The Labute approximate surface area is 93.5 Å². The van der Waals surface area contributed by atoms with Crippen LogP contribution in [0, 0.1) is 0 Å². The molecule has 0 aromatic carbocycles. The number of aromatic nitrogens is 1. The average molecular weight is 225 g/mol. The van der Waals surface area contributed by atoms with Gasteiger partial charge in [-0.05, 0) is 0 Å². The molecule has 0 unspecified atom stereocenters. The van der Waals surface area contributed by atoms with E-state index in [1.54, 1.807) is 6.07 Å². The predicted molar refractivity (Wildman–Crippen MR) is 56.1 cm³/mol. The summed E-state index contributed by atoms with van der Waals surface area (Å²) in [5.74, 6) is -0.193. The number of amides is 1. The van der Waals surface area contributed by atoms with Crippen molar-refractivity contribution in [3.63, 3.8) is 0 Å². The highest BCUT2D eigenvalue weighted by Gasteiger charge is 2.11. The zero-order valence-electron chi connectivity index (χ0n) is 9.02. The quantitative estimate of drug-likeness (QED) is 0.764. The molecule has 1 N–H and O–H groups in total. The average Bonchev–Trinajstić information content (AvgIpc) is 2.84. The van der Waals surface area contributed by atoms with Crippen LogP contribution in [-0.2, 0) is 4.74 Å². The van der Waals surface area contributed by atoms with Gasteiger partial charge in [-0.2, -0.15) is 0 Å². The molecule has 1 aliphatic rings. The fourth-order valence-corrected chi connectivity index (χ4v) is 1.57. The summed E-state index contributed by atoms with van der Waals surface area (Å²) < 4.78 is 9.83. The van der Waals surface area contributed by atoms with Gasteiger partial charge in [0.05, 0.1) is 13.2 Å². The van der Waals surface area contributed by atoms with E-state index in [2.05, 4.69) is 19.9 Å². The zero-order chi connectivity index (χ0) is 11.2. The Hall–Kier alpha value is -1.40. The van der Waals surface area contributed by atoms with Crippen LogP contribution in [0.25, 0.3) is 0 Å². The van der Waals surface area contributed by atoms with E-state index in [0.29, 0.717) is 12.2 Å². The summed E-state index contributed by atoms with van der Waals surface area (Å²) in [6.45, 7) is 4.87. The molecular weight excluding hydrogens is 210 g/mol. The summed E-state index contributed by atoms with van der Waals surface area (Å²) in [6.07, 6.45) is 1.39. The van der Waals surface area contributed by atoms with Gasteiger partial charge in [-0.1, -0.05) is 5.16 Å². The molecular formula is C10H15N3O3. The Morgan fingerprint density at radius 1 is 1.50 bits per heavy atom. The number of carbonyl (C=O) groups is 1. The Bertz CT molecular complexity index is 320. The zero-order valence-corrected chi connectivity index (χ0v) is 9.02. The molecule has 2 heterocycles. The molecule has 1 aromatic heterocycles. The molecule has 0 atom stereocenters. The molecule has 0 radical (unpaired) electrons. The van der Waals surface area contributed by atoms with Gasteiger partial charge in [0.15, 0.2) is 5.69 Å². The molecule has 0 bridgehead atoms. The smallest absolute Gasteiger partial charge is 0.273 e. The molecule has 1 fully saturated rings. The third kappa shape index (κ3) is 3.04. The highest BCUT2D eigenvalue weighted by Crippen LogP contribution is 1.96. The Morgan fingerprint density at radius 3 is 3.00 bits per heavy atom. The second-order valence-corrected chi connectivity index (χ2v) is 3.59. The maximum atomic E-state index is 11.5. The van der Waals surface area contributed by atoms with Crippen LogP contribution in [0.15, 0.2) is 16.9 Å². The van der Waals surface area contributed by atoms with E-state index >= 15 is 0 Å². The van der Waals surface area contributed by atoms with Crippen LogP contribution in [0.3, 0.4) is 0 Å². The van der Waals surface area contributed by atoms with Crippen LogP contribution < -0.4 is 5.32 Å². The molecule has 1 aromatic rings. The van der Waals surface area contributed by atoms with Crippen molar-refractivity contribution in [1.82, 2.24) is 15.4 Å². The lowest BCUT2D eigenvalue weighted by molar-refractivity contribution is 0.0383. The molecule has 2 rings (SSSR count). The summed E-state index contributed by atoms with van der Waals surface area (Å²) in [7, 11) is 0. The van der Waals surface area contributed by atoms with E-state index in [4.69, 9.17) is 4.74 Å². The van der Waals surface area contributed by atoms with E-state index in [-0.39, 0.29) is 5.91 Å². The first kappa shape index (κ1) is 11.1. The molecule has 0 aliphatic carbocycles. The summed E-state index contributed by atoms with van der Waals surface area (Å²) in [6, 6.07) is 1.55. The van der Waals surface area contributed by atoms with Crippen molar-refractivity contribution in [2.24, 2.45) is 0 Å². The highest BCUT2D eigenvalue weighted by molar-refractivity contribution is 5.91. The minimum absolute atomic E-state index is 0.193. The molecule has 1 aliphatic heterocycles. The van der Waals surface area contributed by atoms with Gasteiger partial charge in [0.25, 0.3) is 5.91 Å². The number of hydrogen-bond donors (Lipinski definition) is 1. The van der Waals surface area contributed by atoms with E-state index in [9.17, 15) is 4.79 Å². The first-order valence-corrected chi connectivity index (χ1v) is 5.35. The van der Waals surface area contributed by atoms with Gasteiger partial charge in [-0.15, -0.1) is 0 Å². The van der Waals surface area contributed by atoms with Crippen molar-refractivity contribution in [3.8, 4) is 0 Å². The van der Waals surface area contributed by atoms with Gasteiger partial charge in [0, 0.05) is 32.2 Å². The van der Waals surface area contributed by atoms with E-state index < -0.39 is 0 Å². The van der Waals surface area contributed by atoms with Gasteiger partial charge < -0.3 is 14.6 Å². The first-order valence-electron chi connectivity index (χ1n) is 5.35. The molecule has 1 saturated heterocycles. The van der Waals surface area contributed by atoms with Crippen molar-refractivity contribution in [2.75, 3.05) is 39.4 Å². The summed E-state index contributed by atoms with van der Waals surface area (Å²) >= 11 is 0. The van der Waals surface area contributed by atoms with Crippen LogP contribution in [0.2, 0.25) is 0 Å². The lowest BCUT2D eigenvalue weighted by atomic mass is 10.4. The second-order valence-electron chi connectivity index (χ2n) is 3.59. The third-order valence-corrected chi connectivity index (χ3v) is 2.49. The van der Waals surface area contributed by atoms with Gasteiger partial charge in [-0.3, -0.25) is 9.69 Å². The van der Waals surface area contributed by atoms with Crippen LogP contribution in [-0.4, -0.2) is 55.4 Å². The molecule has 6 heteroatoms. The second kappa shape index (κ2) is 5.62. The minimum atomic E-state index is -0.193. The maximum Gasteiger partial charge on any atom is 0.273 e. The first-order chi connectivity index (χ1) is 7.86. The molecule has 16 heavy (non-hydrogen) atoms. The summed E-state index contributed by atoms with van der Waals surface area (Å²) in [5.41, 5.74) is 0.321. The largest absolute Gasteiger partial charge is 0.379 e. The third-order valence-electron chi connectivity index (χ3n) is 2.49. The molecule has 0 saturated carbocycles. The number of ether oxygens (including phenoxy) is 1. The number of morpholine rings is 1. The number of rotatable bonds is 4. The highest BCUT2D eigenvalue weighted by atomic mass is 16.5.